The first-order chi connectivity index (χ1) is 15.4. The van der Waals surface area contributed by atoms with Crippen molar-refractivity contribution in [3.8, 4) is 23.0 Å². The van der Waals surface area contributed by atoms with E-state index in [9.17, 15) is 9.59 Å². The fourth-order valence-electron chi connectivity index (χ4n) is 3.35. The molecule has 3 aromatic carbocycles. The molecule has 0 aromatic heterocycles. The van der Waals surface area contributed by atoms with Crippen molar-refractivity contribution in [3.05, 3.63) is 87.6 Å². The number of methoxy groups -OCH3 is 2. The quantitative estimate of drug-likeness (QED) is 0.290. The van der Waals surface area contributed by atoms with Gasteiger partial charge in [0.1, 0.15) is 11.5 Å². The number of esters is 1. The molecular weight excluding hydrogens is 432 g/mol. The molecule has 0 amide bonds. The minimum absolute atomic E-state index is 0.157. The lowest BCUT2D eigenvalue weighted by Gasteiger charge is -2.10. The van der Waals surface area contributed by atoms with E-state index in [4.69, 9.17) is 30.5 Å². The number of hydrogen-bond acceptors (Lipinski definition) is 6. The highest BCUT2D eigenvalue weighted by molar-refractivity contribution is 6.33. The summed E-state index contributed by atoms with van der Waals surface area (Å²) < 4.78 is 21.9. The van der Waals surface area contributed by atoms with Crippen molar-refractivity contribution in [2.45, 2.75) is 6.92 Å². The van der Waals surface area contributed by atoms with Gasteiger partial charge in [0.2, 0.25) is 5.78 Å². The van der Waals surface area contributed by atoms with Crippen LogP contribution < -0.4 is 18.9 Å². The predicted molar refractivity (Wildman–Crippen MR) is 120 cm³/mol. The number of ether oxygens (including phenoxy) is 4. The van der Waals surface area contributed by atoms with Crippen LogP contribution in [0.3, 0.4) is 0 Å². The van der Waals surface area contributed by atoms with E-state index >= 15 is 0 Å². The summed E-state index contributed by atoms with van der Waals surface area (Å²) in [5.74, 6) is 1.06. The Morgan fingerprint density at radius 3 is 2.41 bits per heavy atom. The van der Waals surface area contributed by atoms with E-state index in [0.29, 0.717) is 39.0 Å². The van der Waals surface area contributed by atoms with Crippen molar-refractivity contribution in [2.75, 3.05) is 14.2 Å². The Kier molecular flexibility index (Phi) is 5.88. The zero-order valence-corrected chi connectivity index (χ0v) is 18.4. The molecule has 6 nitrogen and oxygen atoms in total. The molecule has 3 aromatic rings. The molecule has 1 heterocycles. The number of halogens is 1. The fraction of sp³-hybridized carbons (Fsp3) is 0.120. The molecular formula is C25H19ClO6. The molecule has 0 atom stereocenters. The normalized spacial score (nSPS) is 13.5. The summed E-state index contributed by atoms with van der Waals surface area (Å²) in [4.78, 5) is 25.4. The van der Waals surface area contributed by atoms with Crippen LogP contribution in [-0.4, -0.2) is 26.0 Å². The summed E-state index contributed by atoms with van der Waals surface area (Å²) in [7, 11) is 3.09. The average molecular weight is 451 g/mol. The summed E-state index contributed by atoms with van der Waals surface area (Å²) >= 11 is 6.08. The SMILES string of the molecule is COc1ccc(/C=C2\Oc3c(ccc(OC(=O)c4ccccc4Cl)c3C)C2=O)cc1OC. The van der Waals surface area contributed by atoms with Crippen LogP contribution >= 0.6 is 11.6 Å². The molecule has 0 radical (unpaired) electrons. The maximum atomic E-state index is 12.9. The third-order valence-corrected chi connectivity index (χ3v) is 5.37. The van der Waals surface area contributed by atoms with Crippen molar-refractivity contribution in [1.29, 1.82) is 0 Å². The van der Waals surface area contributed by atoms with Crippen LogP contribution in [0.1, 0.15) is 31.8 Å². The highest BCUT2D eigenvalue weighted by atomic mass is 35.5. The molecule has 0 N–H and O–H groups in total. The predicted octanol–water partition coefficient (Wildman–Crippen LogP) is 5.50. The molecule has 0 fully saturated rings. The average Bonchev–Trinajstić information content (AvgIpc) is 3.11. The number of carbonyl (C=O) groups is 2. The first-order valence-corrected chi connectivity index (χ1v) is 10.1. The second kappa shape index (κ2) is 8.77. The van der Waals surface area contributed by atoms with Gasteiger partial charge in [0.25, 0.3) is 0 Å². The van der Waals surface area contributed by atoms with Crippen LogP contribution in [0.15, 0.2) is 60.4 Å². The molecule has 162 valence electrons. The number of Topliss-reactive ketones (excluding diaryl/α,β-unsaturated/α-hetero) is 1. The third-order valence-electron chi connectivity index (χ3n) is 5.04. The number of fused-ring (bicyclic) bond motifs is 1. The van der Waals surface area contributed by atoms with Gasteiger partial charge in [0, 0.05) is 5.56 Å². The van der Waals surface area contributed by atoms with Gasteiger partial charge in [-0.2, -0.15) is 0 Å². The first-order valence-electron chi connectivity index (χ1n) is 9.69. The molecule has 0 bridgehead atoms. The number of ketones is 1. The monoisotopic (exact) mass is 450 g/mol. The summed E-state index contributed by atoms with van der Waals surface area (Å²) in [6.07, 6.45) is 1.62. The lowest BCUT2D eigenvalue weighted by atomic mass is 10.1. The number of rotatable bonds is 5. The topological polar surface area (TPSA) is 71.1 Å². The second-order valence-electron chi connectivity index (χ2n) is 6.99. The zero-order valence-electron chi connectivity index (χ0n) is 17.6. The van der Waals surface area contributed by atoms with Gasteiger partial charge >= 0.3 is 5.97 Å². The Balaban J connectivity index is 1.62. The van der Waals surface area contributed by atoms with Gasteiger partial charge in [0.05, 0.1) is 30.4 Å². The van der Waals surface area contributed by atoms with E-state index in [1.54, 1.807) is 74.7 Å². The van der Waals surface area contributed by atoms with Crippen molar-refractivity contribution in [2.24, 2.45) is 0 Å². The van der Waals surface area contributed by atoms with Crippen LogP contribution in [-0.2, 0) is 0 Å². The Morgan fingerprint density at radius 1 is 0.969 bits per heavy atom. The van der Waals surface area contributed by atoms with E-state index in [1.807, 2.05) is 0 Å². The first kappa shape index (κ1) is 21.5. The smallest absolute Gasteiger partial charge is 0.345 e. The highest BCUT2D eigenvalue weighted by Crippen LogP contribution is 2.40. The van der Waals surface area contributed by atoms with Gasteiger partial charge in [0.15, 0.2) is 17.3 Å². The summed E-state index contributed by atoms with van der Waals surface area (Å²) in [6, 6.07) is 15.1. The summed E-state index contributed by atoms with van der Waals surface area (Å²) in [5.41, 5.74) is 1.89. The zero-order chi connectivity index (χ0) is 22.8. The second-order valence-corrected chi connectivity index (χ2v) is 7.40. The van der Waals surface area contributed by atoms with Crippen LogP contribution in [0.4, 0.5) is 0 Å². The maximum absolute atomic E-state index is 12.9. The standard InChI is InChI=1S/C25H19ClO6/c1-14-19(32-25(28)16-6-4-5-7-18(16)26)11-9-17-23(27)22(31-24(14)17)13-15-8-10-20(29-2)21(12-15)30-3/h4-13H,1-3H3/b22-13-. The van der Waals surface area contributed by atoms with Gasteiger partial charge in [-0.15, -0.1) is 0 Å². The Labute approximate surface area is 189 Å². The van der Waals surface area contributed by atoms with Gasteiger partial charge in [-0.05, 0) is 55.0 Å². The van der Waals surface area contributed by atoms with Crippen molar-refractivity contribution >= 4 is 29.4 Å². The van der Waals surface area contributed by atoms with Gasteiger partial charge in [-0.25, -0.2) is 4.79 Å². The number of carbonyl (C=O) groups excluding carboxylic acids is 2. The van der Waals surface area contributed by atoms with Gasteiger partial charge in [-0.3, -0.25) is 4.79 Å². The molecule has 0 unspecified atom stereocenters. The van der Waals surface area contributed by atoms with Crippen LogP contribution in [0, 0.1) is 6.92 Å². The van der Waals surface area contributed by atoms with Crippen molar-refractivity contribution in [3.63, 3.8) is 0 Å². The van der Waals surface area contributed by atoms with E-state index in [2.05, 4.69) is 0 Å². The summed E-state index contributed by atoms with van der Waals surface area (Å²) in [5, 5.41) is 0.294. The highest BCUT2D eigenvalue weighted by Gasteiger charge is 2.30. The minimum Gasteiger partial charge on any atom is -0.493 e. The number of hydrogen-bond donors (Lipinski definition) is 0. The molecule has 0 aliphatic carbocycles. The van der Waals surface area contributed by atoms with E-state index < -0.39 is 5.97 Å². The molecule has 7 heteroatoms. The van der Waals surface area contributed by atoms with E-state index in [1.165, 1.54) is 7.11 Å². The molecule has 1 aliphatic rings. The van der Waals surface area contributed by atoms with Gasteiger partial charge in [-0.1, -0.05) is 29.8 Å². The molecule has 4 rings (SSSR count). The van der Waals surface area contributed by atoms with Crippen LogP contribution in [0.5, 0.6) is 23.0 Å². The summed E-state index contributed by atoms with van der Waals surface area (Å²) in [6.45, 7) is 1.72. The Morgan fingerprint density at radius 2 is 1.69 bits per heavy atom. The van der Waals surface area contributed by atoms with E-state index in [0.717, 1.165) is 0 Å². The molecule has 0 spiro atoms. The Bertz CT molecular complexity index is 1260. The maximum Gasteiger partial charge on any atom is 0.345 e. The number of allylic oxidation sites excluding steroid dienone is 1. The van der Waals surface area contributed by atoms with Crippen molar-refractivity contribution < 1.29 is 28.5 Å². The molecule has 0 saturated carbocycles. The molecule has 32 heavy (non-hydrogen) atoms. The third kappa shape index (κ3) is 3.92. The molecule has 0 saturated heterocycles. The number of benzene rings is 3. The van der Waals surface area contributed by atoms with Crippen LogP contribution in [0.2, 0.25) is 5.02 Å². The lowest BCUT2D eigenvalue weighted by molar-refractivity contribution is 0.0733. The lowest BCUT2D eigenvalue weighted by Crippen LogP contribution is -2.10. The minimum atomic E-state index is -0.593. The largest absolute Gasteiger partial charge is 0.493 e. The van der Waals surface area contributed by atoms with E-state index in [-0.39, 0.29) is 22.9 Å². The van der Waals surface area contributed by atoms with Crippen molar-refractivity contribution in [1.82, 2.24) is 0 Å². The fourth-order valence-corrected chi connectivity index (χ4v) is 3.57. The molecule has 1 aliphatic heterocycles. The van der Waals surface area contributed by atoms with Crippen LogP contribution in [0.25, 0.3) is 6.08 Å². The Hall–Kier alpha value is -3.77. The van der Waals surface area contributed by atoms with Gasteiger partial charge < -0.3 is 18.9 Å².